The van der Waals surface area contributed by atoms with Crippen LogP contribution < -0.4 is 10.6 Å². The van der Waals surface area contributed by atoms with E-state index in [9.17, 15) is 14.9 Å². The summed E-state index contributed by atoms with van der Waals surface area (Å²) in [6.45, 7) is 0.787. The Hall–Kier alpha value is -1.66. The van der Waals surface area contributed by atoms with Gasteiger partial charge >= 0.3 is 0 Å². The molecule has 20 heavy (non-hydrogen) atoms. The highest BCUT2D eigenvalue weighted by Crippen LogP contribution is 2.28. The van der Waals surface area contributed by atoms with Crippen LogP contribution in [0.25, 0.3) is 0 Å². The number of carbonyl (C=O) groups excluding carboxylic acids is 1. The Morgan fingerprint density at radius 2 is 2.20 bits per heavy atom. The van der Waals surface area contributed by atoms with Crippen molar-refractivity contribution in [1.29, 1.82) is 0 Å². The number of anilines is 1. The summed E-state index contributed by atoms with van der Waals surface area (Å²) in [7, 11) is 0. The van der Waals surface area contributed by atoms with Gasteiger partial charge in [0, 0.05) is 11.1 Å². The van der Waals surface area contributed by atoms with E-state index in [0.29, 0.717) is 5.02 Å². The zero-order valence-corrected chi connectivity index (χ0v) is 11.7. The lowest BCUT2D eigenvalue weighted by molar-refractivity contribution is -0.383. The first kappa shape index (κ1) is 14.7. The number of amides is 1. The van der Waals surface area contributed by atoms with Crippen molar-refractivity contribution in [2.45, 2.75) is 31.7 Å². The van der Waals surface area contributed by atoms with E-state index < -0.39 is 4.92 Å². The summed E-state index contributed by atoms with van der Waals surface area (Å²) in [5.74, 6) is -0.253. The summed E-state index contributed by atoms with van der Waals surface area (Å²) in [6, 6.07) is 3.81. The molecule has 1 heterocycles. The van der Waals surface area contributed by atoms with Gasteiger partial charge in [-0.05, 0) is 31.5 Å². The summed E-state index contributed by atoms with van der Waals surface area (Å²) in [4.78, 5) is 22.6. The van der Waals surface area contributed by atoms with Gasteiger partial charge in [-0.1, -0.05) is 24.4 Å². The first-order chi connectivity index (χ1) is 9.58. The molecule has 2 rings (SSSR count). The van der Waals surface area contributed by atoms with Gasteiger partial charge in [-0.15, -0.1) is 0 Å². The molecule has 1 atom stereocenters. The molecule has 1 amide bonds. The van der Waals surface area contributed by atoms with E-state index in [2.05, 4.69) is 10.6 Å². The third kappa shape index (κ3) is 3.68. The van der Waals surface area contributed by atoms with Crippen LogP contribution in [0, 0.1) is 10.1 Å². The van der Waals surface area contributed by atoms with Gasteiger partial charge in [-0.3, -0.25) is 14.9 Å². The third-order valence-electron chi connectivity index (χ3n) is 3.29. The van der Waals surface area contributed by atoms with E-state index in [1.165, 1.54) is 18.2 Å². The number of nitro groups is 1. The summed E-state index contributed by atoms with van der Waals surface area (Å²) in [6.07, 6.45) is 3.85. The SMILES string of the molecule is O=C(Nc1cc(Cl)ccc1[N+](=O)[O-])C1CCCCCN1. The zero-order valence-electron chi connectivity index (χ0n) is 10.9. The molecular formula is C13H16ClN3O3. The Labute approximate surface area is 121 Å². The van der Waals surface area contributed by atoms with Gasteiger partial charge < -0.3 is 10.6 Å². The minimum absolute atomic E-state index is 0.138. The number of nitrogens with one attached hydrogen (secondary N) is 2. The smallest absolute Gasteiger partial charge is 0.292 e. The Morgan fingerprint density at radius 3 is 2.95 bits per heavy atom. The lowest BCUT2D eigenvalue weighted by Crippen LogP contribution is -2.39. The van der Waals surface area contributed by atoms with Crippen molar-refractivity contribution < 1.29 is 9.72 Å². The highest BCUT2D eigenvalue weighted by Gasteiger charge is 2.22. The van der Waals surface area contributed by atoms with E-state index in [0.717, 1.165) is 32.2 Å². The van der Waals surface area contributed by atoms with Gasteiger partial charge in [0.25, 0.3) is 5.69 Å². The number of hydrogen-bond acceptors (Lipinski definition) is 4. The highest BCUT2D eigenvalue weighted by molar-refractivity contribution is 6.31. The average Bonchev–Trinajstić information content (AvgIpc) is 2.67. The van der Waals surface area contributed by atoms with Crippen molar-refractivity contribution >= 4 is 28.9 Å². The average molecular weight is 298 g/mol. The van der Waals surface area contributed by atoms with Gasteiger partial charge in [0.1, 0.15) is 5.69 Å². The number of hydrogen-bond donors (Lipinski definition) is 2. The molecule has 1 aliphatic rings. The molecule has 1 saturated heterocycles. The maximum Gasteiger partial charge on any atom is 0.292 e. The van der Waals surface area contributed by atoms with E-state index >= 15 is 0 Å². The van der Waals surface area contributed by atoms with E-state index in [4.69, 9.17) is 11.6 Å². The fourth-order valence-corrected chi connectivity index (χ4v) is 2.41. The molecule has 7 heteroatoms. The van der Waals surface area contributed by atoms with E-state index in [1.54, 1.807) is 0 Å². The second-order valence-corrected chi connectivity index (χ2v) is 5.20. The minimum atomic E-state index is -0.535. The molecule has 6 nitrogen and oxygen atoms in total. The monoisotopic (exact) mass is 297 g/mol. The van der Waals surface area contributed by atoms with Crippen molar-refractivity contribution in [3.05, 3.63) is 33.3 Å². The Kier molecular flexibility index (Phi) is 4.92. The first-order valence-electron chi connectivity index (χ1n) is 6.56. The molecular weight excluding hydrogens is 282 g/mol. The van der Waals surface area contributed by atoms with E-state index in [-0.39, 0.29) is 23.3 Å². The van der Waals surface area contributed by atoms with Crippen molar-refractivity contribution in [3.8, 4) is 0 Å². The Balaban J connectivity index is 2.14. The number of carbonyl (C=O) groups is 1. The molecule has 0 saturated carbocycles. The summed E-state index contributed by atoms with van der Waals surface area (Å²) in [5, 5.41) is 17.0. The van der Waals surface area contributed by atoms with Crippen LogP contribution in [0.1, 0.15) is 25.7 Å². The molecule has 2 N–H and O–H groups in total. The Bertz CT molecular complexity index is 514. The van der Waals surface area contributed by atoms with Crippen LogP contribution in [0.4, 0.5) is 11.4 Å². The van der Waals surface area contributed by atoms with Crippen LogP contribution in [0.15, 0.2) is 18.2 Å². The maximum absolute atomic E-state index is 12.2. The van der Waals surface area contributed by atoms with Gasteiger partial charge in [0.2, 0.25) is 5.91 Å². The van der Waals surface area contributed by atoms with E-state index in [1.807, 2.05) is 0 Å². The van der Waals surface area contributed by atoms with Crippen molar-refractivity contribution in [1.82, 2.24) is 5.32 Å². The number of halogens is 1. The topological polar surface area (TPSA) is 84.3 Å². The van der Waals surface area contributed by atoms with Gasteiger partial charge in [0.05, 0.1) is 11.0 Å². The third-order valence-corrected chi connectivity index (χ3v) is 3.53. The van der Waals surface area contributed by atoms with Crippen LogP contribution in [0.2, 0.25) is 5.02 Å². The quantitative estimate of drug-likeness (QED) is 0.663. The number of nitrogens with zero attached hydrogens (tertiary/aromatic N) is 1. The summed E-state index contributed by atoms with van der Waals surface area (Å²) in [5.41, 5.74) is -0.0186. The summed E-state index contributed by atoms with van der Waals surface area (Å²) < 4.78 is 0. The van der Waals surface area contributed by atoms with Crippen LogP contribution >= 0.6 is 11.6 Å². The van der Waals surface area contributed by atoms with Crippen LogP contribution in [0.3, 0.4) is 0 Å². The number of nitro benzene ring substituents is 1. The number of rotatable bonds is 3. The lowest BCUT2D eigenvalue weighted by atomic mass is 10.1. The molecule has 1 aromatic carbocycles. The fraction of sp³-hybridized carbons (Fsp3) is 0.462. The predicted octanol–water partition coefficient (Wildman–Crippen LogP) is 2.72. The molecule has 1 fully saturated rings. The molecule has 0 radical (unpaired) electrons. The highest BCUT2D eigenvalue weighted by atomic mass is 35.5. The number of benzene rings is 1. The molecule has 0 spiro atoms. The zero-order chi connectivity index (χ0) is 14.5. The van der Waals surface area contributed by atoms with Crippen LogP contribution in [0.5, 0.6) is 0 Å². The minimum Gasteiger partial charge on any atom is -0.319 e. The van der Waals surface area contributed by atoms with Crippen LogP contribution in [-0.2, 0) is 4.79 Å². The second kappa shape index (κ2) is 6.67. The maximum atomic E-state index is 12.2. The van der Waals surface area contributed by atoms with Crippen LogP contribution in [-0.4, -0.2) is 23.4 Å². The molecule has 0 aromatic heterocycles. The predicted molar refractivity (Wildman–Crippen MR) is 77.0 cm³/mol. The molecule has 1 aromatic rings. The summed E-state index contributed by atoms with van der Waals surface area (Å²) >= 11 is 5.83. The van der Waals surface area contributed by atoms with Crippen molar-refractivity contribution in [3.63, 3.8) is 0 Å². The van der Waals surface area contributed by atoms with Gasteiger partial charge in [-0.2, -0.15) is 0 Å². The van der Waals surface area contributed by atoms with Gasteiger partial charge in [0.15, 0.2) is 0 Å². The molecule has 0 bridgehead atoms. The molecule has 0 aliphatic carbocycles. The fourth-order valence-electron chi connectivity index (χ4n) is 2.24. The van der Waals surface area contributed by atoms with Crippen molar-refractivity contribution in [2.75, 3.05) is 11.9 Å². The second-order valence-electron chi connectivity index (χ2n) is 4.76. The Morgan fingerprint density at radius 1 is 1.40 bits per heavy atom. The molecule has 1 unspecified atom stereocenters. The molecule has 1 aliphatic heterocycles. The first-order valence-corrected chi connectivity index (χ1v) is 6.94. The standard InChI is InChI=1S/C13H16ClN3O3/c14-9-5-6-12(17(19)20)11(8-9)16-13(18)10-4-2-1-3-7-15-10/h5-6,8,10,15H,1-4,7H2,(H,16,18). The lowest BCUT2D eigenvalue weighted by Gasteiger charge is -2.15. The van der Waals surface area contributed by atoms with Gasteiger partial charge in [-0.25, -0.2) is 0 Å². The largest absolute Gasteiger partial charge is 0.319 e. The normalized spacial score (nSPS) is 19.1. The van der Waals surface area contributed by atoms with Crippen molar-refractivity contribution in [2.24, 2.45) is 0 Å². The molecule has 108 valence electrons.